The van der Waals surface area contributed by atoms with Gasteiger partial charge < -0.3 is 14.7 Å². The van der Waals surface area contributed by atoms with Crippen LogP contribution in [-0.2, 0) is 19.1 Å². The second-order valence-corrected chi connectivity index (χ2v) is 4.74. The van der Waals surface area contributed by atoms with Crippen LogP contribution in [0.5, 0.6) is 0 Å². The van der Waals surface area contributed by atoms with Gasteiger partial charge in [-0.1, -0.05) is 0 Å². The van der Waals surface area contributed by atoms with E-state index in [2.05, 4.69) is 0 Å². The Morgan fingerprint density at radius 1 is 1.28 bits per heavy atom. The zero-order valence-corrected chi connectivity index (χ0v) is 11.4. The van der Waals surface area contributed by atoms with Crippen LogP contribution in [0.15, 0.2) is 0 Å². The molecule has 0 fully saturated rings. The number of carboxylic acids is 1. The van der Waals surface area contributed by atoms with Crippen molar-refractivity contribution in [1.29, 1.82) is 0 Å². The van der Waals surface area contributed by atoms with Crippen LogP contribution in [-0.4, -0.2) is 48.1 Å². The first-order valence-electron chi connectivity index (χ1n) is 5.83. The number of carboxylic acid groups (broad SMARTS) is 1. The first kappa shape index (κ1) is 16.4. The number of aliphatic carboxylic acids is 1. The summed E-state index contributed by atoms with van der Waals surface area (Å²) in [5, 5.41) is 8.92. The molecular weight excluding hydrogens is 238 g/mol. The Hall–Kier alpha value is -1.59. The topological polar surface area (TPSA) is 83.9 Å². The van der Waals surface area contributed by atoms with Gasteiger partial charge in [-0.3, -0.25) is 14.4 Å². The van der Waals surface area contributed by atoms with E-state index in [1.807, 2.05) is 0 Å². The number of esters is 1. The van der Waals surface area contributed by atoms with E-state index >= 15 is 0 Å². The molecule has 0 spiro atoms. The van der Waals surface area contributed by atoms with Gasteiger partial charge >= 0.3 is 11.9 Å². The molecule has 0 saturated carbocycles. The average molecular weight is 259 g/mol. The van der Waals surface area contributed by atoms with Crippen molar-refractivity contribution in [3.05, 3.63) is 0 Å². The van der Waals surface area contributed by atoms with Gasteiger partial charge in [0.05, 0.1) is 18.4 Å². The molecule has 0 heterocycles. The summed E-state index contributed by atoms with van der Waals surface area (Å²) >= 11 is 0. The Morgan fingerprint density at radius 2 is 1.83 bits per heavy atom. The van der Waals surface area contributed by atoms with Crippen molar-refractivity contribution in [2.45, 2.75) is 33.6 Å². The van der Waals surface area contributed by atoms with E-state index in [4.69, 9.17) is 9.84 Å². The van der Waals surface area contributed by atoms with Crippen LogP contribution in [0, 0.1) is 5.41 Å². The molecule has 0 radical (unpaired) electrons. The Kier molecular flexibility index (Phi) is 6.36. The minimum atomic E-state index is -1.10. The second kappa shape index (κ2) is 6.98. The quantitative estimate of drug-likeness (QED) is 0.687. The Morgan fingerprint density at radius 3 is 2.28 bits per heavy atom. The number of ether oxygens (including phenoxy) is 1. The SMILES string of the molecule is CCOC(=O)CCN(C)C(=O)CC(C)(C)C(=O)O. The highest BCUT2D eigenvalue weighted by molar-refractivity contribution is 5.84. The lowest BCUT2D eigenvalue weighted by molar-refractivity contribution is -0.151. The summed E-state index contributed by atoms with van der Waals surface area (Å²) in [6, 6.07) is 0. The smallest absolute Gasteiger partial charge is 0.309 e. The Labute approximate surface area is 107 Å². The lowest BCUT2D eigenvalue weighted by atomic mass is 9.89. The summed E-state index contributed by atoms with van der Waals surface area (Å²) < 4.78 is 4.74. The van der Waals surface area contributed by atoms with Gasteiger partial charge in [-0.05, 0) is 20.8 Å². The highest BCUT2D eigenvalue weighted by Gasteiger charge is 2.31. The number of carbonyl (C=O) groups excluding carboxylic acids is 2. The van der Waals surface area contributed by atoms with E-state index in [0.717, 1.165) is 0 Å². The predicted octanol–water partition coefficient (Wildman–Crippen LogP) is 0.899. The minimum Gasteiger partial charge on any atom is -0.481 e. The van der Waals surface area contributed by atoms with Gasteiger partial charge in [0, 0.05) is 20.0 Å². The van der Waals surface area contributed by atoms with E-state index in [0.29, 0.717) is 6.61 Å². The van der Waals surface area contributed by atoms with Crippen molar-refractivity contribution in [3.63, 3.8) is 0 Å². The normalized spacial score (nSPS) is 10.9. The molecule has 0 bridgehead atoms. The molecular formula is C12H21NO5. The molecule has 1 amide bonds. The minimum absolute atomic E-state index is 0.0956. The summed E-state index contributed by atoms with van der Waals surface area (Å²) in [7, 11) is 1.54. The molecule has 6 nitrogen and oxygen atoms in total. The molecule has 0 saturated heterocycles. The molecule has 0 rings (SSSR count). The molecule has 0 aliphatic carbocycles. The highest BCUT2D eigenvalue weighted by Crippen LogP contribution is 2.21. The molecule has 1 N–H and O–H groups in total. The van der Waals surface area contributed by atoms with Gasteiger partial charge in [-0.25, -0.2) is 0 Å². The number of hydrogen-bond donors (Lipinski definition) is 1. The summed E-state index contributed by atoms with van der Waals surface area (Å²) in [5.74, 6) is -1.68. The predicted molar refractivity (Wildman–Crippen MR) is 64.9 cm³/mol. The van der Waals surface area contributed by atoms with E-state index in [1.165, 1.54) is 18.7 Å². The zero-order valence-electron chi connectivity index (χ0n) is 11.4. The van der Waals surface area contributed by atoms with Crippen molar-refractivity contribution in [2.24, 2.45) is 5.41 Å². The Bertz CT molecular complexity index is 324. The van der Waals surface area contributed by atoms with Gasteiger partial charge in [0.15, 0.2) is 0 Å². The molecule has 6 heteroatoms. The number of carbonyl (C=O) groups is 3. The molecule has 18 heavy (non-hydrogen) atoms. The molecule has 0 atom stereocenters. The van der Waals surface area contributed by atoms with Crippen LogP contribution in [0.3, 0.4) is 0 Å². The molecule has 104 valence electrons. The third-order valence-electron chi connectivity index (χ3n) is 2.55. The molecule has 0 aromatic carbocycles. The van der Waals surface area contributed by atoms with Gasteiger partial charge in [-0.2, -0.15) is 0 Å². The third-order valence-corrected chi connectivity index (χ3v) is 2.55. The van der Waals surface area contributed by atoms with Crippen molar-refractivity contribution in [3.8, 4) is 0 Å². The van der Waals surface area contributed by atoms with Crippen LogP contribution in [0.25, 0.3) is 0 Å². The summed E-state index contributed by atoms with van der Waals surface area (Å²) in [5.41, 5.74) is -1.10. The van der Waals surface area contributed by atoms with E-state index < -0.39 is 11.4 Å². The largest absolute Gasteiger partial charge is 0.481 e. The maximum atomic E-state index is 11.7. The van der Waals surface area contributed by atoms with Crippen molar-refractivity contribution in [1.82, 2.24) is 4.90 Å². The highest BCUT2D eigenvalue weighted by atomic mass is 16.5. The van der Waals surface area contributed by atoms with Crippen molar-refractivity contribution < 1.29 is 24.2 Å². The zero-order chi connectivity index (χ0) is 14.3. The van der Waals surface area contributed by atoms with Crippen LogP contribution < -0.4 is 0 Å². The standard InChI is InChI=1S/C12H21NO5/c1-5-18-10(15)6-7-13(4)9(14)8-12(2,3)11(16)17/h5-8H2,1-4H3,(H,16,17). The van der Waals surface area contributed by atoms with Crippen molar-refractivity contribution >= 4 is 17.8 Å². The monoisotopic (exact) mass is 259 g/mol. The average Bonchev–Trinajstić information content (AvgIpc) is 2.25. The fourth-order valence-electron chi connectivity index (χ4n) is 1.21. The van der Waals surface area contributed by atoms with Crippen LogP contribution in [0.1, 0.15) is 33.6 Å². The maximum absolute atomic E-state index is 11.7. The first-order valence-corrected chi connectivity index (χ1v) is 5.83. The van der Waals surface area contributed by atoms with Crippen LogP contribution in [0.4, 0.5) is 0 Å². The fraction of sp³-hybridized carbons (Fsp3) is 0.750. The Balaban J connectivity index is 4.20. The molecule has 0 aromatic heterocycles. The number of rotatable bonds is 7. The number of hydrogen-bond acceptors (Lipinski definition) is 4. The van der Waals surface area contributed by atoms with E-state index in [-0.39, 0.29) is 31.3 Å². The van der Waals surface area contributed by atoms with Crippen LogP contribution in [0.2, 0.25) is 0 Å². The van der Waals surface area contributed by atoms with Gasteiger partial charge in [0.25, 0.3) is 0 Å². The van der Waals surface area contributed by atoms with Crippen molar-refractivity contribution in [2.75, 3.05) is 20.2 Å². The fourth-order valence-corrected chi connectivity index (χ4v) is 1.21. The van der Waals surface area contributed by atoms with Gasteiger partial charge in [-0.15, -0.1) is 0 Å². The lowest BCUT2D eigenvalue weighted by Crippen LogP contribution is -2.35. The summed E-state index contributed by atoms with van der Waals surface area (Å²) in [6.45, 7) is 5.23. The van der Waals surface area contributed by atoms with Gasteiger partial charge in [0.2, 0.25) is 5.91 Å². The second-order valence-electron chi connectivity index (χ2n) is 4.74. The molecule has 0 aliphatic rings. The summed E-state index contributed by atoms with van der Waals surface area (Å²) in [4.78, 5) is 35.1. The summed E-state index contributed by atoms with van der Waals surface area (Å²) in [6.07, 6.45) is 0.0191. The van der Waals surface area contributed by atoms with Gasteiger partial charge in [0.1, 0.15) is 0 Å². The maximum Gasteiger partial charge on any atom is 0.309 e. The molecule has 0 unspecified atom stereocenters. The third kappa shape index (κ3) is 5.65. The molecule has 0 aliphatic heterocycles. The van der Waals surface area contributed by atoms with Crippen LogP contribution >= 0.6 is 0 Å². The van der Waals surface area contributed by atoms with E-state index in [9.17, 15) is 14.4 Å². The molecule has 0 aromatic rings. The number of nitrogens with zero attached hydrogens (tertiary/aromatic N) is 1. The number of amides is 1. The van der Waals surface area contributed by atoms with E-state index in [1.54, 1.807) is 14.0 Å². The first-order chi connectivity index (χ1) is 8.20. The lowest BCUT2D eigenvalue weighted by Gasteiger charge is -2.23.